The Morgan fingerprint density at radius 1 is 0.971 bits per heavy atom. The Labute approximate surface area is 212 Å². The summed E-state index contributed by atoms with van der Waals surface area (Å²) in [7, 11) is 0. The van der Waals surface area contributed by atoms with Crippen LogP contribution in [0.1, 0.15) is 35.3 Å². The molecule has 2 aromatic rings. The highest BCUT2D eigenvalue weighted by molar-refractivity contribution is 6.32. The molecular weight excluding hydrogens is 491 g/mol. The molecule has 3 aliphatic rings. The van der Waals surface area contributed by atoms with Crippen LogP contribution in [-0.4, -0.2) is 41.1 Å². The van der Waals surface area contributed by atoms with Gasteiger partial charge in [-0.15, -0.1) is 23.2 Å². The van der Waals surface area contributed by atoms with Gasteiger partial charge < -0.3 is 10.1 Å². The summed E-state index contributed by atoms with van der Waals surface area (Å²) in [4.78, 5) is 52.0. The van der Waals surface area contributed by atoms with Crippen LogP contribution in [0.25, 0.3) is 0 Å². The summed E-state index contributed by atoms with van der Waals surface area (Å²) in [6.45, 7) is 1.42. The van der Waals surface area contributed by atoms with E-state index in [0.717, 1.165) is 5.56 Å². The standard InChI is InChI=1S/C26H24Cl2N2O5/c1-13(14-5-3-2-4-6-14)29-19(31)12-35-26(34)15-7-9-16(10-8-15)30-24(32)20-17-11-18(21(20)25(30)33)23(28)22(17)27/h2-10,13,17-18,20-23H,11-12H2,1H3,(H,29,31)/t13-,17+,18+,20-,21+,22-,23-/m0/s1. The first-order valence-electron chi connectivity index (χ1n) is 11.6. The Bertz CT molecular complexity index is 1140. The van der Waals surface area contributed by atoms with Crippen molar-refractivity contribution in [3.05, 3.63) is 65.7 Å². The maximum atomic E-state index is 13.1. The van der Waals surface area contributed by atoms with Crippen LogP contribution in [0.2, 0.25) is 0 Å². The van der Waals surface area contributed by atoms with Gasteiger partial charge in [-0.25, -0.2) is 4.79 Å². The summed E-state index contributed by atoms with van der Waals surface area (Å²) in [5, 5.41) is 2.15. The summed E-state index contributed by atoms with van der Waals surface area (Å²) >= 11 is 12.8. The number of hydrogen-bond acceptors (Lipinski definition) is 5. The van der Waals surface area contributed by atoms with E-state index in [-0.39, 0.29) is 46.0 Å². The molecule has 7 nitrogen and oxygen atoms in total. The number of esters is 1. The highest BCUT2D eigenvalue weighted by Crippen LogP contribution is 2.59. The second-order valence-electron chi connectivity index (χ2n) is 9.34. The van der Waals surface area contributed by atoms with Gasteiger partial charge in [0.25, 0.3) is 5.91 Å². The molecule has 1 heterocycles. The monoisotopic (exact) mass is 514 g/mol. The van der Waals surface area contributed by atoms with Crippen molar-refractivity contribution in [2.75, 3.05) is 11.5 Å². The van der Waals surface area contributed by atoms with E-state index in [1.807, 2.05) is 37.3 Å². The number of halogens is 2. The van der Waals surface area contributed by atoms with E-state index < -0.39 is 30.3 Å². The molecule has 3 fully saturated rings. The van der Waals surface area contributed by atoms with Crippen molar-refractivity contribution in [3.8, 4) is 0 Å². The van der Waals surface area contributed by atoms with Crippen molar-refractivity contribution in [1.82, 2.24) is 5.32 Å². The maximum absolute atomic E-state index is 13.1. The van der Waals surface area contributed by atoms with Crippen LogP contribution in [-0.2, 0) is 19.1 Å². The molecule has 7 atom stereocenters. The molecule has 3 amide bonds. The topological polar surface area (TPSA) is 92.8 Å². The number of anilines is 1. The molecule has 9 heteroatoms. The van der Waals surface area contributed by atoms with Crippen LogP contribution in [0, 0.1) is 23.7 Å². The molecule has 0 radical (unpaired) electrons. The van der Waals surface area contributed by atoms with Crippen molar-refractivity contribution in [2.24, 2.45) is 23.7 Å². The second-order valence-corrected chi connectivity index (χ2v) is 10.3. The van der Waals surface area contributed by atoms with Crippen LogP contribution < -0.4 is 10.2 Å². The van der Waals surface area contributed by atoms with E-state index in [1.165, 1.54) is 29.2 Å². The van der Waals surface area contributed by atoms with Gasteiger partial charge in [-0.05, 0) is 55.0 Å². The lowest BCUT2D eigenvalue weighted by atomic mass is 9.80. The van der Waals surface area contributed by atoms with Crippen molar-refractivity contribution >= 4 is 52.6 Å². The fourth-order valence-corrected chi connectivity index (χ4v) is 6.57. The van der Waals surface area contributed by atoms with Crippen molar-refractivity contribution in [1.29, 1.82) is 0 Å². The number of imide groups is 1. The van der Waals surface area contributed by atoms with E-state index >= 15 is 0 Å². The molecular formula is C26H24Cl2N2O5. The Balaban J connectivity index is 1.19. The quantitative estimate of drug-likeness (QED) is 0.360. The number of amides is 3. The summed E-state index contributed by atoms with van der Waals surface area (Å²) in [5.41, 5.74) is 1.53. The molecule has 2 bridgehead atoms. The van der Waals surface area contributed by atoms with Gasteiger partial charge in [0.1, 0.15) is 0 Å². The minimum absolute atomic E-state index is 0.0966. The number of carbonyl (C=O) groups is 4. The van der Waals surface area contributed by atoms with Crippen molar-refractivity contribution in [2.45, 2.75) is 30.1 Å². The fraction of sp³-hybridized carbons (Fsp3) is 0.385. The number of nitrogens with zero attached hydrogens (tertiary/aromatic N) is 1. The Morgan fingerprint density at radius 2 is 1.54 bits per heavy atom. The number of fused-ring (bicyclic) bond motifs is 5. The summed E-state index contributed by atoms with van der Waals surface area (Å²) in [5.74, 6) is -2.69. The summed E-state index contributed by atoms with van der Waals surface area (Å²) in [6.07, 6.45) is 0.700. The van der Waals surface area contributed by atoms with E-state index in [0.29, 0.717) is 12.1 Å². The minimum Gasteiger partial charge on any atom is -0.452 e. The van der Waals surface area contributed by atoms with Crippen LogP contribution >= 0.6 is 23.2 Å². The Morgan fingerprint density at radius 3 is 2.11 bits per heavy atom. The van der Waals surface area contributed by atoms with E-state index in [1.54, 1.807) is 0 Å². The number of ether oxygens (including phenoxy) is 1. The molecule has 1 N–H and O–H groups in total. The molecule has 1 saturated heterocycles. The zero-order valence-corrected chi connectivity index (χ0v) is 20.4. The number of alkyl halides is 2. The first-order valence-corrected chi connectivity index (χ1v) is 12.4. The van der Waals surface area contributed by atoms with Crippen LogP contribution in [0.15, 0.2) is 54.6 Å². The third-order valence-corrected chi connectivity index (χ3v) is 8.68. The number of benzene rings is 2. The van der Waals surface area contributed by atoms with Gasteiger partial charge in [0.05, 0.1) is 39.9 Å². The van der Waals surface area contributed by atoms with Crippen LogP contribution in [0.3, 0.4) is 0 Å². The predicted molar refractivity (Wildman–Crippen MR) is 130 cm³/mol. The van der Waals surface area contributed by atoms with Crippen molar-refractivity contribution < 1.29 is 23.9 Å². The third kappa shape index (κ3) is 4.10. The average molecular weight is 515 g/mol. The first kappa shape index (κ1) is 23.8. The molecule has 2 aromatic carbocycles. The maximum Gasteiger partial charge on any atom is 0.338 e. The number of rotatable bonds is 6. The fourth-order valence-electron chi connectivity index (χ4n) is 5.67. The highest BCUT2D eigenvalue weighted by atomic mass is 35.5. The van der Waals surface area contributed by atoms with Gasteiger partial charge in [0.15, 0.2) is 6.61 Å². The van der Waals surface area contributed by atoms with Gasteiger partial charge in [-0.1, -0.05) is 30.3 Å². The number of nitrogens with one attached hydrogen (secondary N) is 1. The summed E-state index contributed by atoms with van der Waals surface area (Å²) < 4.78 is 5.13. The zero-order valence-electron chi connectivity index (χ0n) is 18.9. The SMILES string of the molecule is C[C@H](NC(=O)COC(=O)c1ccc(N2C(=O)[C@@H]3[C@H]4C[C@@H]([C@H](Cl)[C@H]4Cl)[C@@H]3C2=O)cc1)c1ccccc1. The van der Waals surface area contributed by atoms with E-state index in [9.17, 15) is 19.2 Å². The lowest BCUT2D eigenvalue weighted by Gasteiger charge is -2.28. The zero-order chi connectivity index (χ0) is 24.9. The van der Waals surface area contributed by atoms with Gasteiger partial charge >= 0.3 is 5.97 Å². The normalized spacial score (nSPS) is 29.7. The molecule has 5 rings (SSSR count). The second kappa shape index (κ2) is 9.28. The predicted octanol–water partition coefficient (Wildman–Crippen LogP) is 3.69. The molecule has 35 heavy (non-hydrogen) atoms. The van der Waals surface area contributed by atoms with Crippen LogP contribution in [0.5, 0.6) is 0 Å². The Hall–Kier alpha value is -2.90. The van der Waals surface area contributed by atoms with Gasteiger partial charge in [-0.3, -0.25) is 19.3 Å². The summed E-state index contributed by atoms with van der Waals surface area (Å²) in [6, 6.07) is 15.2. The molecule has 0 aromatic heterocycles. The highest BCUT2D eigenvalue weighted by Gasteiger charge is 2.66. The minimum atomic E-state index is -0.678. The smallest absolute Gasteiger partial charge is 0.338 e. The lowest BCUT2D eigenvalue weighted by Crippen LogP contribution is -2.37. The molecule has 0 spiro atoms. The molecule has 1 aliphatic heterocycles. The molecule has 2 aliphatic carbocycles. The van der Waals surface area contributed by atoms with Crippen LogP contribution in [0.4, 0.5) is 5.69 Å². The van der Waals surface area contributed by atoms with Crippen molar-refractivity contribution in [3.63, 3.8) is 0 Å². The largest absolute Gasteiger partial charge is 0.452 e. The first-order chi connectivity index (χ1) is 16.8. The van der Waals surface area contributed by atoms with E-state index in [2.05, 4.69) is 5.32 Å². The van der Waals surface area contributed by atoms with Gasteiger partial charge in [-0.2, -0.15) is 0 Å². The van der Waals surface area contributed by atoms with Gasteiger partial charge in [0.2, 0.25) is 11.8 Å². The average Bonchev–Trinajstić information content (AvgIpc) is 3.48. The van der Waals surface area contributed by atoms with E-state index in [4.69, 9.17) is 27.9 Å². The number of hydrogen-bond donors (Lipinski definition) is 1. The third-order valence-electron chi connectivity index (χ3n) is 7.36. The molecule has 2 saturated carbocycles. The Kier molecular flexibility index (Phi) is 6.32. The number of carbonyl (C=O) groups excluding carboxylic acids is 4. The molecule has 182 valence electrons. The molecule has 0 unspecified atom stereocenters. The lowest BCUT2D eigenvalue weighted by molar-refractivity contribution is -0.125. The van der Waals surface area contributed by atoms with Gasteiger partial charge in [0, 0.05) is 0 Å².